The third-order valence-electron chi connectivity index (χ3n) is 9.84. The molecule has 8 nitrogen and oxygen atoms in total. The molecule has 0 fully saturated rings. The van der Waals surface area contributed by atoms with Gasteiger partial charge in [0.05, 0.1) is 16.5 Å². The first-order chi connectivity index (χ1) is 21.5. The molecule has 45 heavy (non-hydrogen) atoms. The number of pyridine rings is 2. The summed E-state index contributed by atoms with van der Waals surface area (Å²) in [5.74, 6) is 0.935. The number of fused-ring (bicyclic) bond motifs is 4. The Morgan fingerprint density at radius 2 is 1.31 bits per heavy atom. The molecule has 1 aliphatic carbocycles. The fraction of sp³-hybridized carbons (Fsp3) is 0.351. The highest BCUT2D eigenvalue weighted by Crippen LogP contribution is 2.44. The molecule has 0 saturated carbocycles. The number of ether oxygens (including phenoxy) is 1. The Hall–Kier alpha value is -4.72. The van der Waals surface area contributed by atoms with Gasteiger partial charge in [-0.2, -0.15) is 0 Å². The minimum Gasteiger partial charge on any atom is -0.474 e. The lowest BCUT2D eigenvalue weighted by molar-refractivity contribution is -0.122. The fourth-order valence-corrected chi connectivity index (χ4v) is 7.09. The average molecular weight is 602 g/mol. The van der Waals surface area contributed by atoms with E-state index in [9.17, 15) is 9.59 Å². The Balaban J connectivity index is 0.000000145. The molecular weight excluding hydrogens is 562 g/mol. The third kappa shape index (κ3) is 4.66. The molecule has 0 unspecified atom stereocenters. The van der Waals surface area contributed by atoms with Gasteiger partial charge in [0.15, 0.2) is 0 Å². The van der Waals surface area contributed by atoms with E-state index in [1.54, 1.807) is 9.80 Å². The maximum Gasteiger partial charge on any atom is 0.237 e. The Labute approximate surface area is 264 Å². The van der Waals surface area contributed by atoms with Crippen molar-refractivity contribution in [3.8, 4) is 28.1 Å². The van der Waals surface area contributed by atoms with Crippen molar-refractivity contribution < 1.29 is 14.3 Å². The summed E-state index contributed by atoms with van der Waals surface area (Å²) in [6.07, 6.45) is 7.22. The molecule has 1 N–H and O–H groups in total. The number of nitrogens with one attached hydrogen (secondary N) is 1. The van der Waals surface area contributed by atoms with Crippen molar-refractivity contribution in [2.24, 2.45) is 0 Å². The molecule has 0 bridgehead atoms. The third-order valence-corrected chi connectivity index (χ3v) is 9.84. The number of anilines is 3. The molecule has 0 radical (unpaired) electrons. The molecule has 2 amide bonds. The molecule has 8 rings (SSSR count). The second-order valence-electron chi connectivity index (χ2n) is 13.5. The zero-order valence-corrected chi connectivity index (χ0v) is 26.8. The monoisotopic (exact) mass is 601 g/mol. The van der Waals surface area contributed by atoms with Crippen molar-refractivity contribution in [3.63, 3.8) is 0 Å². The van der Waals surface area contributed by atoms with Gasteiger partial charge in [-0.3, -0.25) is 14.6 Å². The molecule has 0 atom stereocenters. The SMILES string of the molecule is CN1C(=O)C(C)(C)c2ccc(-c3cnc4c(c3)CCC4)cc21.CN1C(=O)C(C)(C)c2ccc(-c3cnc4c(c3)NCCO4)cc21. The zero-order valence-electron chi connectivity index (χ0n) is 26.8. The first kappa shape index (κ1) is 29.0. The largest absolute Gasteiger partial charge is 0.474 e. The van der Waals surface area contributed by atoms with Crippen molar-refractivity contribution >= 4 is 28.9 Å². The number of hydrogen-bond donors (Lipinski definition) is 1. The Morgan fingerprint density at radius 3 is 1.93 bits per heavy atom. The number of amides is 2. The summed E-state index contributed by atoms with van der Waals surface area (Å²) in [7, 11) is 3.70. The van der Waals surface area contributed by atoms with E-state index in [0.717, 1.165) is 69.8 Å². The molecule has 0 saturated heterocycles. The van der Waals surface area contributed by atoms with E-state index >= 15 is 0 Å². The topological polar surface area (TPSA) is 87.7 Å². The minimum absolute atomic E-state index is 0.128. The van der Waals surface area contributed by atoms with E-state index in [4.69, 9.17) is 4.74 Å². The van der Waals surface area contributed by atoms with Crippen LogP contribution in [0.4, 0.5) is 17.1 Å². The molecule has 2 aromatic carbocycles. The number of hydrogen-bond acceptors (Lipinski definition) is 6. The van der Waals surface area contributed by atoms with Crippen LogP contribution in [-0.4, -0.2) is 49.0 Å². The van der Waals surface area contributed by atoms with Crippen molar-refractivity contribution in [2.45, 2.75) is 57.8 Å². The maximum atomic E-state index is 12.4. The van der Waals surface area contributed by atoms with Gasteiger partial charge < -0.3 is 19.9 Å². The van der Waals surface area contributed by atoms with Crippen molar-refractivity contribution in [1.29, 1.82) is 0 Å². The van der Waals surface area contributed by atoms with Crippen LogP contribution in [0.15, 0.2) is 60.9 Å². The molecule has 4 aliphatic rings. The number of likely N-dealkylation sites (N-methyl/N-ethyl adjacent to an activating group) is 2. The predicted octanol–water partition coefficient (Wildman–Crippen LogP) is 6.30. The van der Waals surface area contributed by atoms with Crippen LogP contribution in [0.25, 0.3) is 22.3 Å². The van der Waals surface area contributed by atoms with Crippen LogP contribution in [0.5, 0.6) is 5.88 Å². The van der Waals surface area contributed by atoms with Gasteiger partial charge in [0.25, 0.3) is 0 Å². The summed E-state index contributed by atoms with van der Waals surface area (Å²) < 4.78 is 5.52. The lowest BCUT2D eigenvalue weighted by Gasteiger charge is -2.19. The number of aryl methyl sites for hydroxylation is 2. The van der Waals surface area contributed by atoms with Crippen LogP contribution < -0.4 is 19.9 Å². The van der Waals surface area contributed by atoms with E-state index in [1.165, 1.54) is 17.7 Å². The first-order valence-electron chi connectivity index (χ1n) is 15.7. The number of rotatable bonds is 2. The van der Waals surface area contributed by atoms with Gasteiger partial charge in [0.1, 0.15) is 6.61 Å². The van der Waals surface area contributed by atoms with Gasteiger partial charge in [-0.1, -0.05) is 24.3 Å². The normalized spacial score (nSPS) is 18.3. The van der Waals surface area contributed by atoms with E-state index in [2.05, 4.69) is 57.7 Å². The summed E-state index contributed by atoms with van der Waals surface area (Å²) in [5, 5.41) is 3.30. The lowest BCUT2D eigenvalue weighted by atomic mass is 9.85. The second-order valence-corrected chi connectivity index (χ2v) is 13.5. The Morgan fingerprint density at radius 1 is 0.733 bits per heavy atom. The highest BCUT2D eigenvalue weighted by molar-refractivity contribution is 6.08. The molecule has 8 heteroatoms. The summed E-state index contributed by atoms with van der Waals surface area (Å²) in [5.41, 5.74) is 11.2. The van der Waals surface area contributed by atoms with Crippen LogP contribution in [0.3, 0.4) is 0 Å². The van der Waals surface area contributed by atoms with Gasteiger partial charge in [0, 0.05) is 61.2 Å². The Kier molecular flexibility index (Phi) is 6.73. The smallest absolute Gasteiger partial charge is 0.237 e. The van der Waals surface area contributed by atoms with Gasteiger partial charge >= 0.3 is 0 Å². The van der Waals surface area contributed by atoms with E-state index in [1.807, 2.05) is 60.3 Å². The van der Waals surface area contributed by atoms with Crippen molar-refractivity contribution in [3.05, 3.63) is 83.3 Å². The Bertz CT molecular complexity index is 1880. The van der Waals surface area contributed by atoms with Gasteiger partial charge in [0.2, 0.25) is 17.7 Å². The predicted molar refractivity (Wildman–Crippen MR) is 178 cm³/mol. The highest BCUT2D eigenvalue weighted by Gasteiger charge is 2.43. The standard InChI is InChI=1S/C19H20N2O.C18H19N3O2/c1-19(2)15-8-7-12(10-17(15)21(3)18(19)22)14-9-13-5-4-6-16(13)20-11-14;1-18(2)13-5-4-11(9-15(13)21(3)17(18)22)12-8-14-16(20-10-12)23-7-6-19-14/h7-11H,4-6H2,1-3H3;4-5,8-10,19H,6-7H2,1-3H3. The summed E-state index contributed by atoms with van der Waals surface area (Å²) in [6, 6.07) is 16.8. The van der Waals surface area contributed by atoms with E-state index in [-0.39, 0.29) is 11.8 Å². The summed E-state index contributed by atoms with van der Waals surface area (Å²) in [6.45, 7) is 9.36. The minimum atomic E-state index is -0.466. The maximum absolute atomic E-state index is 12.4. The number of aromatic nitrogens is 2. The quantitative estimate of drug-likeness (QED) is 0.290. The van der Waals surface area contributed by atoms with Crippen LogP contribution >= 0.6 is 0 Å². The number of carbonyl (C=O) groups is 2. The molecular formula is C37H39N5O3. The zero-order chi connectivity index (χ0) is 31.7. The van der Waals surface area contributed by atoms with Crippen LogP contribution in [0.1, 0.15) is 56.5 Å². The van der Waals surface area contributed by atoms with Crippen LogP contribution in [0, 0.1) is 0 Å². The second kappa shape index (κ2) is 10.4. The molecule has 230 valence electrons. The van der Waals surface area contributed by atoms with Crippen molar-refractivity contribution in [2.75, 3.05) is 42.4 Å². The van der Waals surface area contributed by atoms with E-state index < -0.39 is 10.8 Å². The number of carbonyl (C=O) groups excluding carboxylic acids is 2. The molecule has 3 aliphatic heterocycles. The lowest BCUT2D eigenvalue weighted by Crippen LogP contribution is -2.33. The summed E-state index contributed by atoms with van der Waals surface area (Å²) >= 11 is 0. The van der Waals surface area contributed by atoms with Crippen LogP contribution in [-0.2, 0) is 33.3 Å². The van der Waals surface area contributed by atoms with Crippen molar-refractivity contribution in [1.82, 2.24) is 9.97 Å². The molecule has 0 spiro atoms. The molecule has 5 heterocycles. The van der Waals surface area contributed by atoms with Gasteiger partial charge in [-0.15, -0.1) is 0 Å². The highest BCUT2D eigenvalue weighted by atomic mass is 16.5. The number of nitrogens with zero attached hydrogens (tertiary/aromatic N) is 4. The molecule has 4 aromatic rings. The van der Waals surface area contributed by atoms with Gasteiger partial charge in [-0.25, -0.2) is 4.98 Å². The first-order valence-corrected chi connectivity index (χ1v) is 15.7. The van der Waals surface area contributed by atoms with E-state index in [0.29, 0.717) is 12.5 Å². The summed E-state index contributed by atoms with van der Waals surface area (Å²) in [4.78, 5) is 37.3. The molecule has 2 aromatic heterocycles. The fourth-order valence-electron chi connectivity index (χ4n) is 7.09. The number of benzene rings is 2. The van der Waals surface area contributed by atoms with Crippen LogP contribution in [0.2, 0.25) is 0 Å². The van der Waals surface area contributed by atoms with Gasteiger partial charge in [-0.05, 0) is 99.0 Å². The average Bonchev–Trinajstić information content (AvgIpc) is 3.65.